The Bertz CT molecular complexity index is 687. The number of amides is 3. The Kier molecular flexibility index (Phi) is 7.40. The summed E-state index contributed by atoms with van der Waals surface area (Å²) in [5, 5.41) is 8.18. The van der Waals surface area contributed by atoms with E-state index >= 15 is 0 Å². The summed E-state index contributed by atoms with van der Waals surface area (Å²) in [4.78, 5) is 30.5. The number of anilines is 1. The summed E-state index contributed by atoms with van der Waals surface area (Å²) in [6.07, 6.45) is 1.73. The van der Waals surface area contributed by atoms with Crippen molar-refractivity contribution in [3.63, 3.8) is 0 Å². The predicted octanol–water partition coefficient (Wildman–Crippen LogP) is 3.73. The molecular formula is C18H24N4O2S. The van der Waals surface area contributed by atoms with Crippen molar-refractivity contribution >= 4 is 29.0 Å². The molecule has 7 heteroatoms. The highest BCUT2D eigenvalue weighted by Gasteiger charge is 2.17. The minimum atomic E-state index is -0.167. The Morgan fingerprint density at radius 3 is 2.60 bits per heavy atom. The Labute approximate surface area is 152 Å². The van der Waals surface area contributed by atoms with Gasteiger partial charge in [-0.3, -0.25) is 4.79 Å². The van der Waals surface area contributed by atoms with Crippen molar-refractivity contribution in [3.05, 3.63) is 46.4 Å². The van der Waals surface area contributed by atoms with Crippen LogP contribution in [0.2, 0.25) is 0 Å². The van der Waals surface area contributed by atoms with Crippen LogP contribution in [0, 0.1) is 0 Å². The summed E-state index contributed by atoms with van der Waals surface area (Å²) in [7, 11) is 0. The minimum absolute atomic E-state index is 0.166. The lowest BCUT2D eigenvalue weighted by atomic mass is 10.3. The van der Waals surface area contributed by atoms with Crippen molar-refractivity contribution in [3.8, 4) is 0 Å². The zero-order valence-corrected chi connectivity index (χ0v) is 15.4. The average Bonchev–Trinajstić information content (AvgIpc) is 3.09. The zero-order valence-electron chi connectivity index (χ0n) is 14.6. The number of carbonyl (C=O) groups excluding carboxylic acids is 2. The third kappa shape index (κ3) is 5.86. The van der Waals surface area contributed by atoms with Crippen LogP contribution in [0.5, 0.6) is 0 Å². The summed E-state index contributed by atoms with van der Waals surface area (Å²) in [6.45, 7) is 5.66. The number of benzene rings is 1. The number of aromatic nitrogens is 1. The Morgan fingerprint density at radius 1 is 1.16 bits per heavy atom. The van der Waals surface area contributed by atoms with Gasteiger partial charge in [0.2, 0.25) is 0 Å². The monoisotopic (exact) mass is 360 g/mol. The second-order valence-corrected chi connectivity index (χ2v) is 6.54. The number of hydrogen-bond acceptors (Lipinski definition) is 4. The molecule has 0 aliphatic heterocycles. The second kappa shape index (κ2) is 9.78. The molecule has 25 heavy (non-hydrogen) atoms. The van der Waals surface area contributed by atoms with E-state index in [0.29, 0.717) is 25.3 Å². The van der Waals surface area contributed by atoms with Crippen LogP contribution in [0.1, 0.15) is 42.2 Å². The molecule has 2 rings (SSSR count). The fourth-order valence-corrected chi connectivity index (χ4v) is 3.02. The summed E-state index contributed by atoms with van der Waals surface area (Å²) in [5.74, 6) is -0.167. The molecule has 2 aromatic rings. The van der Waals surface area contributed by atoms with E-state index < -0.39 is 0 Å². The second-order valence-electron chi connectivity index (χ2n) is 5.60. The molecule has 0 fully saturated rings. The first-order valence-electron chi connectivity index (χ1n) is 8.47. The number of rotatable bonds is 8. The van der Waals surface area contributed by atoms with Crippen LogP contribution in [0.25, 0.3) is 0 Å². The van der Waals surface area contributed by atoms with Crippen molar-refractivity contribution < 1.29 is 9.59 Å². The van der Waals surface area contributed by atoms with Gasteiger partial charge in [-0.1, -0.05) is 32.0 Å². The largest absolute Gasteiger partial charge is 0.351 e. The van der Waals surface area contributed by atoms with Crippen LogP contribution in [0.4, 0.5) is 10.5 Å². The fourth-order valence-electron chi connectivity index (χ4n) is 2.23. The van der Waals surface area contributed by atoms with E-state index in [0.717, 1.165) is 23.5 Å². The molecule has 0 aliphatic rings. The van der Waals surface area contributed by atoms with Gasteiger partial charge in [-0.05, 0) is 25.0 Å². The highest BCUT2D eigenvalue weighted by atomic mass is 32.1. The lowest BCUT2D eigenvalue weighted by Crippen LogP contribution is -2.35. The van der Waals surface area contributed by atoms with Gasteiger partial charge in [-0.25, -0.2) is 9.78 Å². The van der Waals surface area contributed by atoms with Gasteiger partial charge in [0.25, 0.3) is 5.91 Å². The van der Waals surface area contributed by atoms with E-state index in [4.69, 9.17) is 0 Å². The van der Waals surface area contributed by atoms with Crippen LogP contribution in [0.3, 0.4) is 0 Å². The molecule has 0 saturated carbocycles. The van der Waals surface area contributed by atoms with Gasteiger partial charge in [0.05, 0.1) is 6.54 Å². The van der Waals surface area contributed by atoms with Gasteiger partial charge in [0.1, 0.15) is 10.7 Å². The Morgan fingerprint density at radius 2 is 1.92 bits per heavy atom. The van der Waals surface area contributed by atoms with E-state index in [2.05, 4.69) is 15.6 Å². The maximum Gasteiger partial charge on any atom is 0.322 e. The minimum Gasteiger partial charge on any atom is -0.351 e. The van der Waals surface area contributed by atoms with E-state index in [-0.39, 0.29) is 11.9 Å². The van der Waals surface area contributed by atoms with Crippen molar-refractivity contribution in [2.75, 3.05) is 18.4 Å². The molecule has 6 nitrogen and oxygen atoms in total. The number of thiazole rings is 1. The summed E-state index contributed by atoms with van der Waals surface area (Å²) >= 11 is 1.40. The van der Waals surface area contributed by atoms with Crippen LogP contribution in [0.15, 0.2) is 35.7 Å². The van der Waals surface area contributed by atoms with Crippen LogP contribution < -0.4 is 10.6 Å². The Hall–Kier alpha value is -2.41. The van der Waals surface area contributed by atoms with E-state index in [1.807, 2.05) is 44.2 Å². The zero-order chi connectivity index (χ0) is 18.1. The molecule has 1 aromatic heterocycles. The summed E-state index contributed by atoms with van der Waals surface area (Å²) < 4.78 is 0. The van der Waals surface area contributed by atoms with Crippen molar-refractivity contribution in [2.45, 2.75) is 33.2 Å². The third-order valence-electron chi connectivity index (χ3n) is 3.45. The van der Waals surface area contributed by atoms with E-state index in [1.54, 1.807) is 10.3 Å². The summed E-state index contributed by atoms with van der Waals surface area (Å²) in [6, 6.07) is 9.19. The molecule has 0 saturated heterocycles. The quantitative estimate of drug-likeness (QED) is 0.753. The number of nitrogens with zero attached hydrogens (tertiary/aromatic N) is 2. The highest BCUT2D eigenvalue weighted by molar-refractivity contribution is 7.09. The molecule has 0 radical (unpaired) electrons. The SMILES string of the molecule is CCCNC(=O)c1csc(CN(CCC)C(=O)Nc2ccccc2)n1. The van der Waals surface area contributed by atoms with Gasteiger partial charge in [0.15, 0.2) is 0 Å². The molecule has 2 N–H and O–H groups in total. The first-order chi connectivity index (χ1) is 12.1. The maximum absolute atomic E-state index is 12.5. The Balaban J connectivity index is 2.00. The smallest absolute Gasteiger partial charge is 0.322 e. The van der Waals surface area contributed by atoms with Gasteiger partial charge in [0, 0.05) is 24.2 Å². The molecule has 1 heterocycles. The third-order valence-corrected chi connectivity index (χ3v) is 4.29. The average molecular weight is 360 g/mol. The molecule has 0 bridgehead atoms. The van der Waals surface area contributed by atoms with Crippen LogP contribution in [-0.2, 0) is 6.54 Å². The lowest BCUT2D eigenvalue weighted by molar-refractivity contribution is 0.0949. The molecule has 134 valence electrons. The molecule has 3 amide bonds. The van der Waals surface area contributed by atoms with Gasteiger partial charge < -0.3 is 15.5 Å². The van der Waals surface area contributed by atoms with Crippen molar-refractivity contribution in [1.29, 1.82) is 0 Å². The van der Waals surface area contributed by atoms with Crippen molar-refractivity contribution in [1.82, 2.24) is 15.2 Å². The first kappa shape index (κ1) is 18.9. The maximum atomic E-state index is 12.5. The van der Waals surface area contributed by atoms with Gasteiger partial charge in [-0.2, -0.15) is 0 Å². The van der Waals surface area contributed by atoms with Crippen LogP contribution >= 0.6 is 11.3 Å². The number of urea groups is 1. The van der Waals surface area contributed by atoms with Crippen molar-refractivity contribution in [2.24, 2.45) is 0 Å². The van der Waals surface area contributed by atoms with Gasteiger partial charge in [-0.15, -0.1) is 11.3 Å². The first-order valence-corrected chi connectivity index (χ1v) is 9.35. The fraction of sp³-hybridized carbons (Fsp3) is 0.389. The normalized spacial score (nSPS) is 10.3. The number of hydrogen-bond donors (Lipinski definition) is 2. The molecule has 0 spiro atoms. The molecule has 0 aliphatic carbocycles. The molecule has 0 atom stereocenters. The standard InChI is InChI=1S/C18H24N4O2S/c1-3-10-19-17(23)15-13-25-16(21-15)12-22(11-4-2)18(24)20-14-8-6-5-7-9-14/h5-9,13H,3-4,10-12H2,1-2H3,(H,19,23)(H,20,24). The van der Waals surface area contributed by atoms with E-state index in [9.17, 15) is 9.59 Å². The number of carbonyl (C=O) groups is 2. The summed E-state index contributed by atoms with van der Waals surface area (Å²) in [5.41, 5.74) is 1.17. The lowest BCUT2D eigenvalue weighted by Gasteiger charge is -2.21. The highest BCUT2D eigenvalue weighted by Crippen LogP contribution is 2.14. The molecular weight excluding hydrogens is 336 g/mol. The molecule has 1 aromatic carbocycles. The van der Waals surface area contributed by atoms with E-state index in [1.165, 1.54) is 11.3 Å². The van der Waals surface area contributed by atoms with Crippen LogP contribution in [-0.4, -0.2) is 34.9 Å². The predicted molar refractivity (Wildman–Crippen MR) is 101 cm³/mol. The number of para-hydroxylation sites is 1. The topological polar surface area (TPSA) is 74.3 Å². The van der Waals surface area contributed by atoms with Gasteiger partial charge >= 0.3 is 6.03 Å². The molecule has 0 unspecified atom stereocenters. The number of nitrogens with one attached hydrogen (secondary N) is 2.